The molecule has 6 nitrogen and oxygen atoms in total. The Kier molecular flexibility index (Phi) is 2.84. The van der Waals surface area contributed by atoms with E-state index in [9.17, 15) is 9.59 Å². The largest absolute Gasteiger partial charge is 0.388 e. The minimum absolute atomic E-state index is 0.0266. The zero-order valence-electron chi connectivity index (χ0n) is 7.17. The summed E-state index contributed by atoms with van der Waals surface area (Å²) in [6, 6.07) is 0. The van der Waals surface area contributed by atoms with E-state index >= 15 is 0 Å². The summed E-state index contributed by atoms with van der Waals surface area (Å²) in [5.74, 6) is -0.261. The molecule has 0 aliphatic carbocycles. The van der Waals surface area contributed by atoms with Gasteiger partial charge in [0.1, 0.15) is 0 Å². The minimum atomic E-state index is -0.164. The van der Waals surface area contributed by atoms with Gasteiger partial charge in [0, 0.05) is 13.0 Å². The summed E-state index contributed by atoms with van der Waals surface area (Å²) in [4.78, 5) is 23.4. The van der Waals surface area contributed by atoms with Crippen molar-refractivity contribution in [1.82, 2.24) is 10.2 Å². The first kappa shape index (κ1) is 9.50. The van der Waals surface area contributed by atoms with Crippen LogP contribution in [0.2, 0.25) is 0 Å². The Morgan fingerprint density at radius 3 is 2.92 bits per heavy atom. The summed E-state index contributed by atoms with van der Waals surface area (Å²) in [6.45, 7) is 0.477. The fraction of sp³-hybridized carbons (Fsp3) is 0.571. The molecule has 0 spiro atoms. The number of carbonyl (C=O) groups excluding carboxylic acids is 2. The number of piperazine rings is 1. The second kappa shape index (κ2) is 3.88. The molecule has 1 heterocycles. The lowest BCUT2D eigenvalue weighted by atomic mass is 10.3. The van der Waals surface area contributed by atoms with Crippen LogP contribution in [0.5, 0.6) is 0 Å². The van der Waals surface area contributed by atoms with E-state index in [2.05, 4.69) is 5.32 Å². The first-order valence-corrected chi connectivity index (χ1v) is 3.97. The van der Waals surface area contributed by atoms with E-state index in [1.165, 1.54) is 4.90 Å². The smallest absolute Gasteiger partial charge is 0.242 e. The highest BCUT2D eigenvalue weighted by Crippen LogP contribution is 1.96. The molecule has 1 saturated heterocycles. The molecule has 0 bridgehead atoms. The molecule has 0 radical (unpaired) electrons. The van der Waals surface area contributed by atoms with E-state index in [-0.39, 0.29) is 30.7 Å². The van der Waals surface area contributed by atoms with Gasteiger partial charge in [-0.05, 0) is 0 Å². The van der Waals surface area contributed by atoms with E-state index in [0.717, 1.165) is 0 Å². The zero-order valence-corrected chi connectivity index (χ0v) is 7.17. The maximum Gasteiger partial charge on any atom is 0.242 e. The molecule has 1 aliphatic heterocycles. The van der Waals surface area contributed by atoms with Gasteiger partial charge in [-0.15, -0.1) is 0 Å². The molecule has 0 aromatic rings. The van der Waals surface area contributed by atoms with Gasteiger partial charge in [-0.2, -0.15) is 0 Å². The van der Waals surface area contributed by atoms with Crippen LogP contribution in [0.3, 0.4) is 0 Å². The quantitative estimate of drug-likeness (QED) is 0.359. The lowest BCUT2D eigenvalue weighted by Crippen LogP contribution is -2.52. The number of nitrogens with two attached hydrogens (primary N) is 1. The van der Waals surface area contributed by atoms with Crippen molar-refractivity contribution in [3.8, 4) is 0 Å². The van der Waals surface area contributed by atoms with Crippen LogP contribution in [0.1, 0.15) is 6.42 Å². The molecule has 0 saturated carbocycles. The van der Waals surface area contributed by atoms with Crippen molar-refractivity contribution in [2.45, 2.75) is 6.42 Å². The predicted molar refractivity (Wildman–Crippen MR) is 46.1 cm³/mol. The number of amides is 2. The van der Waals surface area contributed by atoms with Gasteiger partial charge in [0.25, 0.3) is 0 Å². The van der Waals surface area contributed by atoms with E-state index in [1.807, 2.05) is 0 Å². The number of nitrogens with zero attached hydrogens (tertiary/aromatic N) is 1. The van der Waals surface area contributed by atoms with Crippen LogP contribution < -0.4 is 11.1 Å². The fourth-order valence-electron chi connectivity index (χ4n) is 1.06. The molecule has 0 atom stereocenters. The Morgan fingerprint density at radius 2 is 2.31 bits per heavy atom. The van der Waals surface area contributed by atoms with Gasteiger partial charge in [-0.1, -0.05) is 0 Å². The normalized spacial score (nSPS) is 17.1. The van der Waals surface area contributed by atoms with Gasteiger partial charge >= 0.3 is 0 Å². The first-order valence-electron chi connectivity index (χ1n) is 3.97. The number of hydrogen-bond acceptors (Lipinski definition) is 3. The molecule has 0 unspecified atom stereocenters. The summed E-state index contributed by atoms with van der Waals surface area (Å²) in [6.07, 6.45) is 0.318. The Bertz CT molecular complexity index is 251. The molecule has 0 aromatic heterocycles. The molecular formula is C7H12N4O2. The van der Waals surface area contributed by atoms with Crippen molar-refractivity contribution in [1.29, 1.82) is 5.41 Å². The Balaban J connectivity index is 2.42. The monoisotopic (exact) mass is 184 g/mol. The van der Waals surface area contributed by atoms with Crippen LogP contribution in [-0.2, 0) is 9.59 Å². The summed E-state index contributed by atoms with van der Waals surface area (Å²) in [5, 5.41) is 9.40. The molecule has 0 aromatic carbocycles. The average Bonchev–Trinajstić information content (AvgIpc) is 2.06. The van der Waals surface area contributed by atoms with Gasteiger partial charge in [-0.3, -0.25) is 15.0 Å². The van der Waals surface area contributed by atoms with Crippen LogP contribution in [0, 0.1) is 5.41 Å². The Morgan fingerprint density at radius 1 is 1.62 bits per heavy atom. The molecule has 2 amide bonds. The highest BCUT2D eigenvalue weighted by atomic mass is 16.2. The second-order valence-corrected chi connectivity index (χ2v) is 2.87. The van der Waals surface area contributed by atoms with E-state index < -0.39 is 0 Å². The summed E-state index contributed by atoms with van der Waals surface area (Å²) in [5.41, 5.74) is 5.13. The molecule has 4 N–H and O–H groups in total. The van der Waals surface area contributed by atoms with Gasteiger partial charge in [0.15, 0.2) is 0 Å². The molecule has 1 rings (SSSR count). The maximum absolute atomic E-state index is 11.2. The van der Waals surface area contributed by atoms with Crippen molar-refractivity contribution < 1.29 is 9.59 Å². The van der Waals surface area contributed by atoms with Gasteiger partial charge in [0.05, 0.1) is 18.9 Å². The van der Waals surface area contributed by atoms with Crippen molar-refractivity contribution in [3.05, 3.63) is 0 Å². The molecule has 13 heavy (non-hydrogen) atoms. The van der Waals surface area contributed by atoms with Gasteiger partial charge < -0.3 is 16.0 Å². The zero-order chi connectivity index (χ0) is 9.84. The lowest BCUT2D eigenvalue weighted by Gasteiger charge is -2.26. The highest BCUT2D eigenvalue weighted by Gasteiger charge is 2.22. The number of amidine groups is 1. The Hall–Kier alpha value is -1.59. The standard InChI is InChI=1S/C7H12N4O2/c8-5(9)1-2-11-4-6(12)10-3-7(11)13/h1-4H2,(H3,8,9)(H,10,12). The average molecular weight is 184 g/mol. The molecule has 6 heteroatoms. The van der Waals surface area contributed by atoms with E-state index in [4.69, 9.17) is 11.1 Å². The van der Waals surface area contributed by atoms with Crippen LogP contribution in [0.4, 0.5) is 0 Å². The summed E-state index contributed by atoms with van der Waals surface area (Å²) < 4.78 is 0. The number of hydrogen-bond donors (Lipinski definition) is 3. The van der Waals surface area contributed by atoms with Crippen molar-refractivity contribution in [3.63, 3.8) is 0 Å². The SMILES string of the molecule is N=C(N)CCN1CC(=O)NCC1=O. The number of rotatable bonds is 3. The third kappa shape index (κ3) is 2.73. The molecule has 72 valence electrons. The summed E-state index contributed by atoms with van der Waals surface area (Å²) in [7, 11) is 0. The van der Waals surface area contributed by atoms with E-state index in [1.54, 1.807) is 0 Å². The van der Waals surface area contributed by atoms with Crippen LogP contribution in [-0.4, -0.2) is 42.2 Å². The van der Waals surface area contributed by atoms with Crippen molar-refractivity contribution >= 4 is 17.6 Å². The topological polar surface area (TPSA) is 99.3 Å². The predicted octanol–water partition coefficient (Wildman–Crippen LogP) is -1.73. The third-order valence-electron chi connectivity index (χ3n) is 1.78. The highest BCUT2D eigenvalue weighted by molar-refractivity contribution is 5.92. The van der Waals surface area contributed by atoms with Crippen LogP contribution in [0.25, 0.3) is 0 Å². The van der Waals surface area contributed by atoms with Gasteiger partial charge in [0.2, 0.25) is 11.8 Å². The van der Waals surface area contributed by atoms with Crippen molar-refractivity contribution in [2.24, 2.45) is 5.73 Å². The third-order valence-corrected chi connectivity index (χ3v) is 1.78. The van der Waals surface area contributed by atoms with Crippen molar-refractivity contribution in [2.75, 3.05) is 19.6 Å². The van der Waals surface area contributed by atoms with E-state index in [0.29, 0.717) is 13.0 Å². The molecule has 1 fully saturated rings. The second-order valence-electron chi connectivity index (χ2n) is 2.87. The fourth-order valence-corrected chi connectivity index (χ4v) is 1.06. The summed E-state index contributed by atoms with van der Waals surface area (Å²) >= 11 is 0. The minimum Gasteiger partial charge on any atom is -0.388 e. The maximum atomic E-state index is 11.2. The number of carbonyl (C=O) groups is 2. The number of nitrogens with one attached hydrogen (secondary N) is 2. The first-order chi connectivity index (χ1) is 6.09. The van der Waals surface area contributed by atoms with Crippen LogP contribution in [0.15, 0.2) is 0 Å². The lowest BCUT2D eigenvalue weighted by molar-refractivity contribution is -0.140. The molecular weight excluding hydrogens is 172 g/mol. The van der Waals surface area contributed by atoms with Gasteiger partial charge in [-0.25, -0.2) is 0 Å². The van der Waals surface area contributed by atoms with Crippen LogP contribution >= 0.6 is 0 Å². The molecule has 1 aliphatic rings. The Labute approximate surface area is 75.6 Å².